The number of nitrogens with one attached hydrogen (secondary N) is 1. The van der Waals surface area contributed by atoms with Crippen LogP contribution in [0.25, 0.3) is 5.76 Å². The van der Waals surface area contributed by atoms with Crippen LogP contribution in [0.1, 0.15) is 16.7 Å². The van der Waals surface area contributed by atoms with Gasteiger partial charge in [0.05, 0.1) is 19.1 Å². The van der Waals surface area contributed by atoms with E-state index in [1.807, 2.05) is 30.3 Å². The van der Waals surface area contributed by atoms with E-state index in [0.717, 1.165) is 15.4 Å². The van der Waals surface area contributed by atoms with Crippen LogP contribution in [0.4, 0.5) is 5.69 Å². The van der Waals surface area contributed by atoms with E-state index in [-0.39, 0.29) is 16.2 Å². The molecule has 1 aliphatic rings. The van der Waals surface area contributed by atoms with E-state index in [9.17, 15) is 18.3 Å². The molecule has 0 spiro atoms. The van der Waals surface area contributed by atoms with Crippen LogP contribution >= 0.6 is 0 Å². The maximum atomic E-state index is 13.2. The number of carbonyl (C=O) groups is 1. The Balaban J connectivity index is 1.59. The van der Waals surface area contributed by atoms with E-state index in [1.54, 1.807) is 38.5 Å². The van der Waals surface area contributed by atoms with Crippen molar-refractivity contribution in [2.45, 2.75) is 17.7 Å². The van der Waals surface area contributed by atoms with Crippen LogP contribution in [0.2, 0.25) is 0 Å². The van der Waals surface area contributed by atoms with Gasteiger partial charge in [-0.25, -0.2) is 8.42 Å². The third kappa shape index (κ3) is 4.54. The largest absolute Gasteiger partial charge is 0.505 e. The number of anilines is 1. The molecular formula is C26H26N2O6S. The van der Waals surface area contributed by atoms with Crippen LogP contribution in [-0.4, -0.2) is 45.0 Å². The number of amides is 1. The maximum absolute atomic E-state index is 13.2. The minimum Gasteiger partial charge on any atom is -0.505 e. The molecule has 1 heterocycles. The van der Waals surface area contributed by atoms with Crippen LogP contribution in [0.15, 0.2) is 77.3 Å². The Hall–Kier alpha value is -3.98. The zero-order chi connectivity index (χ0) is 25.2. The van der Waals surface area contributed by atoms with Crippen LogP contribution < -0.4 is 14.8 Å². The van der Waals surface area contributed by atoms with Gasteiger partial charge in [-0.05, 0) is 54.3 Å². The molecule has 1 aliphatic heterocycles. The number of methoxy groups -OCH3 is 2. The van der Waals surface area contributed by atoms with Crippen LogP contribution in [-0.2, 0) is 27.7 Å². The average molecular weight is 495 g/mol. The molecule has 0 aliphatic carbocycles. The lowest BCUT2D eigenvalue weighted by molar-refractivity contribution is -0.113. The topological polar surface area (TPSA) is 105 Å². The number of hydrogen-bond acceptors (Lipinski definition) is 6. The number of aryl methyl sites for hydroxylation is 2. The minimum atomic E-state index is -3.98. The van der Waals surface area contributed by atoms with E-state index in [1.165, 1.54) is 19.2 Å². The molecule has 4 rings (SSSR count). The zero-order valence-electron chi connectivity index (χ0n) is 19.6. The Labute approximate surface area is 204 Å². The van der Waals surface area contributed by atoms with Crippen LogP contribution in [0.3, 0.4) is 0 Å². The van der Waals surface area contributed by atoms with Gasteiger partial charge in [0.15, 0.2) is 23.0 Å². The lowest BCUT2D eigenvalue weighted by Crippen LogP contribution is -2.37. The quantitative estimate of drug-likeness (QED) is 0.515. The molecular weight excluding hydrogens is 468 g/mol. The number of hydrogen-bond donors (Lipinski definition) is 2. The molecule has 0 atom stereocenters. The Morgan fingerprint density at radius 3 is 2.37 bits per heavy atom. The normalized spacial score (nSPS) is 14.3. The number of nitrogens with zero attached hydrogens (tertiary/aromatic N) is 1. The molecule has 2 N–H and O–H groups in total. The Morgan fingerprint density at radius 1 is 0.943 bits per heavy atom. The summed E-state index contributed by atoms with van der Waals surface area (Å²) in [5, 5.41) is 13.6. The van der Waals surface area contributed by atoms with Crippen molar-refractivity contribution in [2.24, 2.45) is 0 Å². The monoisotopic (exact) mass is 494 g/mol. The second-order valence-corrected chi connectivity index (χ2v) is 9.90. The Morgan fingerprint density at radius 2 is 1.63 bits per heavy atom. The summed E-state index contributed by atoms with van der Waals surface area (Å²) in [6.45, 7) is 0. The van der Waals surface area contributed by atoms with Gasteiger partial charge < -0.3 is 19.9 Å². The lowest BCUT2D eigenvalue weighted by atomic mass is 10.0. The highest BCUT2D eigenvalue weighted by Gasteiger charge is 2.37. The van der Waals surface area contributed by atoms with Crippen molar-refractivity contribution in [2.75, 3.05) is 26.6 Å². The van der Waals surface area contributed by atoms with Crippen molar-refractivity contribution in [3.63, 3.8) is 0 Å². The summed E-state index contributed by atoms with van der Waals surface area (Å²) in [4.78, 5) is 13.2. The molecule has 182 valence electrons. The van der Waals surface area contributed by atoms with Gasteiger partial charge in [0.25, 0.3) is 15.9 Å². The molecule has 0 radical (unpaired) electrons. The number of sulfonamides is 1. The highest BCUT2D eigenvalue weighted by Crippen LogP contribution is 2.35. The molecule has 9 heteroatoms. The molecule has 0 saturated heterocycles. The second kappa shape index (κ2) is 9.71. The van der Waals surface area contributed by atoms with E-state index >= 15 is 0 Å². The summed E-state index contributed by atoms with van der Waals surface area (Å²) >= 11 is 0. The highest BCUT2D eigenvalue weighted by atomic mass is 32.2. The SMILES string of the molecule is COc1ccc(CCc2ccccc2NC(=O)C2=C(O)c3ccccc3S(=O)(=O)N2C)cc1OC. The Kier molecular flexibility index (Phi) is 6.70. The van der Waals surface area contributed by atoms with Gasteiger partial charge in [0.1, 0.15) is 0 Å². The third-order valence-corrected chi connectivity index (χ3v) is 7.75. The Bertz CT molecular complexity index is 1410. The molecule has 3 aromatic carbocycles. The zero-order valence-corrected chi connectivity index (χ0v) is 20.4. The molecule has 0 saturated carbocycles. The standard InChI is InChI=1S/C26H26N2O6S/c1-28-24(25(29)19-9-5-7-11-23(19)35(28,31)32)26(30)27-20-10-6-4-8-18(20)14-12-17-13-15-21(33-2)22(16-17)34-3/h4-11,13,15-16,29H,12,14H2,1-3H3,(H,27,30). The molecule has 8 nitrogen and oxygen atoms in total. The van der Waals surface area contributed by atoms with Crippen molar-refractivity contribution >= 4 is 27.4 Å². The van der Waals surface area contributed by atoms with E-state index in [2.05, 4.69) is 5.32 Å². The van der Waals surface area contributed by atoms with Gasteiger partial charge in [-0.3, -0.25) is 9.10 Å². The first-order valence-corrected chi connectivity index (χ1v) is 12.3. The first-order valence-electron chi connectivity index (χ1n) is 10.9. The predicted octanol–water partition coefficient (Wildman–Crippen LogP) is 3.99. The average Bonchev–Trinajstić information content (AvgIpc) is 2.87. The molecule has 0 fully saturated rings. The maximum Gasteiger partial charge on any atom is 0.276 e. The number of aliphatic hydroxyl groups is 1. The molecule has 1 amide bonds. The van der Waals surface area contributed by atoms with Crippen molar-refractivity contribution in [1.82, 2.24) is 4.31 Å². The fraction of sp³-hybridized carbons (Fsp3) is 0.192. The smallest absolute Gasteiger partial charge is 0.276 e. The van der Waals surface area contributed by atoms with Crippen molar-refractivity contribution in [3.05, 3.63) is 89.1 Å². The van der Waals surface area contributed by atoms with E-state index in [0.29, 0.717) is 30.0 Å². The first-order chi connectivity index (χ1) is 16.8. The fourth-order valence-corrected chi connectivity index (χ4v) is 5.44. The van der Waals surface area contributed by atoms with Crippen molar-refractivity contribution < 1.29 is 27.8 Å². The summed E-state index contributed by atoms with van der Waals surface area (Å²) in [5.74, 6) is 0.167. The summed E-state index contributed by atoms with van der Waals surface area (Å²) in [6.07, 6.45) is 1.27. The third-order valence-electron chi connectivity index (χ3n) is 5.93. The van der Waals surface area contributed by atoms with Gasteiger partial charge >= 0.3 is 0 Å². The number of ether oxygens (including phenoxy) is 2. The summed E-state index contributed by atoms with van der Waals surface area (Å²) in [6, 6.07) is 19.0. The second-order valence-electron chi connectivity index (χ2n) is 7.97. The number of para-hydroxylation sites is 1. The van der Waals surface area contributed by atoms with Gasteiger partial charge in [-0.15, -0.1) is 0 Å². The van der Waals surface area contributed by atoms with Gasteiger partial charge in [-0.1, -0.05) is 36.4 Å². The summed E-state index contributed by atoms with van der Waals surface area (Å²) < 4.78 is 37.3. The lowest BCUT2D eigenvalue weighted by Gasteiger charge is -2.28. The molecule has 0 bridgehead atoms. The van der Waals surface area contributed by atoms with E-state index in [4.69, 9.17) is 9.47 Å². The fourth-order valence-electron chi connectivity index (χ4n) is 4.04. The summed E-state index contributed by atoms with van der Waals surface area (Å²) in [5.41, 5.74) is 2.18. The van der Waals surface area contributed by atoms with Crippen LogP contribution in [0.5, 0.6) is 11.5 Å². The predicted molar refractivity (Wildman–Crippen MR) is 133 cm³/mol. The number of aliphatic hydroxyl groups excluding tert-OH is 1. The first kappa shape index (κ1) is 24.2. The van der Waals surface area contributed by atoms with Crippen molar-refractivity contribution in [1.29, 1.82) is 0 Å². The molecule has 0 unspecified atom stereocenters. The number of rotatable bonds is 7. The van der Waals surface area contributed by atoms with Gasteiger partial charge in [0.2, 0.25) is 0 Å². The minimum absolute atomic E-state index is 0.0492. The van der Waals surface area contributed by atoms with Crippen LogP contribution in [0, 0.1) is 0 Å². The number of likely N-dealkylation sites (N-methyl/N-ethyl adjacent to an activating group) is 1. The van der Waals surface area contributed by atoms with E-state index < -0.39 is 21.7 Å². The number of benzene rings is 3. The molecule has 0 aromatic heterocycles. The number of fused-ring (bicyclic) bond motifs is 1. The molecule has 3 aromatic rings. The summed E-state index contributed by atoms with van der Waals surface area (Å²) in [7, 11) is 0.434. The highest BCUT2D eigenvalue weighted by molar-refractivity contribution is 7.89. The van der Waals surface area contributed by atoms with Gasteiger partial charge in [-0.2, -0.15) is 0 Å². The molecule has 35 heavy (non-hydrogen) atoms. The van der Waals surface area contributed by atoms with Crippen molar-refractivity contribution in [3.8, 4) is 11.5 Å². The number of carbonyl (C=O) groups excluding carboxylic acids is 1. The van der Waals surface area contributed by atoms with Gasteiger partial charge in [0, 0.05) is 18.3 Å².